The zero-order valence-corrected chi connectivity index (χ0v) is 5.06. The maximum absolute atomic E-state index is 12.0. The maximum atomic E-state index is 12.0. The SMILES string of the molecule is C=C(F)/N=C(F)\C=C/C. The van der Waals surface area contributed by atoms with Gasteiger partial charge in [0.2, 0.25) is 11.9 Å². The summed E-state index contributed by atoms with van der Waals surface area (Å²) in [6.07, 6.45) is 2.46. The molecule has 0 saturated heterocycles. The summed E-state index contributed by atoms with van der Waals surface area (Å²) in [6.45, 7) is 4.36. The highest BCUT2D eigenvalue weighted by Gasteiger charge is 1.87. The second-order valence-corrected chi connectivity index (χ2v) is 1.31. The normalized spacial score (nSPS) is 12.6. The first-order valence-electron chi connectivity index (χ1n) is 2.38. The van der Waals surface area contributed by atoms with Crippen LogP contribution in [0, 0.1) is 0 Å². The van der Waals surface area contributed by atoms with Crippen molar-refractivity contribution in [2.45, 2.75) is 6.92 Å². The number of allylic oxidation sites excluding steroid dienone is 2. The molecule has 0 N–H and O–H groups in total. The number of rotatable bonds is 2. The third kappa shape index (κ3) is 4.87. The van der Waals surface area contributed by atoms with Gasteiger partial charge in [0.1, 0.15) is 0 Å². The van der Waals surface area contributed by atoms with Crippen molar-refractivity contribution in [1.82, 2.24) is 0 Å². The van der Waals surface area contributed by atoms with E-state index >= 15 is 0 Å². The molecule has 0 bridgehead atoms. The Kier molecular flexibility index (Phi) is 3.51. The van der Waals surface area contributed by atoms with Crippen molar-refractivity contribution in [3.05, 3.63) is 24.7 Å². The predicted octanol–water partition coefficient (Wildman–Crippen LogP) is 2.37. The number of aliphatic imine (C=N–C) groups is 1. The molecule has 0 atom stereocenters. The van der Waals surface area contributed by atoms with Crippen LogP contribution in [0.4, 0.5) is 8.78 Å². The largest absolute Gasteiger partial charge is 0.215 e. The third-order valence-electron chi connectivity index (χ3n) is 0.532. The number of hydrogen-bond donors (Lipinski definition) is 0. The summed E-state index contributed by atoms with van der Waals surface area (Å²) in [6, 6.07) is 0. The van der Waals surface area contributed by atoms with Crippen LogP contribution in [0.3, 0.4) is 0 Å². The lowest BCUT2D eigenvalue weighted by molar-refractivity contribution is 0.625. The molecule has 0 aromatic heterocycles. The lowest BCUT2D eigenvalue weighted by Gasteiger charge is -1.81. The zero-order valence-electron chi connectivity index (χ0n) is 5.06. The average Bonchev–Trinajstić information content (AvgIpc) is 1.63. The summed E-state index contributed by atoms with van der Waals surface area (Å²) in [4.78, 5) is 2.77. The fourth-order valence-electron chi connectivity index (χ4n) is 0.291. The Labute approximate surface area is 52.4 Å². The van der Waals surface area contributed by atoms with E-state index in [2.05, 4.69) is 11.6 Å². The summed E-state index contributed by atoms with van der Waals surface area (Å²) in [7, 11) is 0. The molecule has 3 heteroatoms. The van der Waals surface area contributed by atoms with Crippen LogP contribution in [-0.2, 0) is 0 Å². The zero-order chi connectivity index (χ0) is 7.28. The molecule has 0 unspecified atom stereocenters. The summed E-state index contributed by atoms with van der Waals surface area (Å²) in [5, 5.41) is 0. The Morgan fingerprint density at radius 1 is 1.56 bits per heavy atom. The Hall–Kier alpha value is -0.990. The highest BCUT2D eigenvalue weighted by molar-refractivity contribution is 5.86. The van der Waals surface area contributed by atoms with Gasteiger partial charge < -0.3 is 0 Å². The third-order valence-corrected chi connectivity index (χ3v) is 0.532. The Morgan fingerprint density at radius 2 is 2.11 bits per heavy atom. The van der Waals surface area contributed by atoms with E-state index in [0.29, 0.717) is 0 Å². The van der Waals surface area contributed by atoms with Gasteiger partial charge in [-0.2, -0.15) is 13.8 Å². The summed E-state index contributed by atoms with van der Waals surface area (Å²) in [5.74, 6) is -1.89. The highest BCUT2D eigenvalue weighted by atomic mass is 19.1. The standard InChI is InChI=1S/C6H7F2N/c1-3-4-6(8)9-5(2)7/h3-4H,2H2,1H3/b4-3-,9-6+. The van der Waals surface area contributed by atoms with E-state index in [-0.39, 0.29) is 0 Å². The molecule has 0 saturated carbocycles. The molecule has 50 valence electrons. The minimum atomic E-state index is -1.02. The van der Waals surface area contributed by atoms with Crippen LogP contribution in [0.2, 0.25) is 0 Å². The second-order valence-electron chi connectivity index (χ2n) is 1.31. The van der Waals surface area contributed by atoms with E-state index in [1.54, 1.807) is 6.92 Å². The number of hydrogen-bond acceptors (Lipinski definition) is 1. The van der Waals surface area contributed by atoms with Crippen molar-refractivity contribution < 1.29 is 8.78 Å². The molecule has 0 spiro atoms. The molecule has 0 aromatic rings. The van der Waals surface area contributed by atoms with Crippen LogP contribution in [0.15, 0.2) is 29.7 Å². The summed E-state index contributed by atoms with van der Waals surface area (Å²) in [5.41, 5.74) is 0. The van der Waals surface area contributed by atoms with Gasteiger partial charge >= 0.3 is 0 Å². The molecule has 0 aliphatic carbocycles. The fourth-order valence-corrected chi connectivity index (χ4v) is 0.291. The lowest BCUT2D eigenvalue weighted by atomic mass is 10.5. The van der Waals surface area contributed by atoms with Gasteiger partial charge in [-0.1, -0.05) is 6.08 Å². The van der Waals surface area contributed by atoms with E-state index in [1.165, 1.54) is 6.08 Å². The van der Waals surface area contributed by atoms with Crippen molar-refractivity contribution in [2.24, 2.45) is 4.99 Å². The molecule has 0 radical (unpaired) electrons. The van der Waals surface area contributed by atoms with Gasteiger partial charge in [-0.3, -0.25) is 0 Å². The molecule has 0 rings (SSSR count). The average molecular weight is 131 g/mol. The number of nitrogens with zero attached hydrogens (tertiary/aromatic N) is 1. The van der Waals surface area contributed by atoms with Gasteiger partial charge in [-0.05, 0) is 19.6 Å². The first-order chi connectivity index (χ1) is 4.16. The van der Waals surface area contributed by atoms with Crippen molar-refractivity contribution in [1.29, 1.82) is 0 Å². The van der Waals surface area contributed by atoms with Gasteiger partial charge in [-0.25, -0.2) is 0 Å². The fraction of sp³-hybridized carbons (Fsp3) is 0.167. The molecular weight excluding hydrogens is 124 g/mol. The molecule has 0 aliphatic heterocycles. The van der Waals surface area contributed by atoms with Crippen LogP contribution in [-0.4, -0.2) is 5.97 Å². The monoisotopic (exact) mass is 131 g/mol. The van der Waals surface area contributed by atoms with Crippen molar-refractivity contribution in [3.63, 3.8) is 0 Å². The molecule has 0 fully saturated rings. The first-order valence-corrected chi connectivity index (χ1v) is 2.38. The minimum absolute atomic E-state index is 0.870. The maximum Gasteiger partial charge on any atom is 0.215 e. The predicted molar refractivity (Wildman–Crippen MR) is 33.6 cm³/mol. The van der Waals surface area contributed by atoms with E-state index in [1.807, 2.05) is 0 Å². The van der Waals surface area contributed by atoms with Crippen LogP contribution in [0.5, 0.6) is 0 Å². The lowest BCUT2D eigenvalue weighted by Crippen LogP contribution is -1.79. The molecule has 9 heavy (non-hydrogen) atoms. The van der Waals surface area contributed by atoms with Gasteiger partial charge in [0.15, 0.2) is 0 Å². The van der Waals surface area contributed by atoms with Crippen molar-refractivity contribution >= 4 is 5.97 Å². The quantitative estimate of drug-likeness (QED) is 0.403. The summed E-state index contributed by atoms with van der Waals surface area (Å²) >= 11 is 0. The van der Waals surface area contributed by atoms with E-state index in [9.17, 15) is 8.78 Å². The van der Waals surface area contributed by atoms with E-state index < -0.39 is 11.9 Å². The molecular formula is C6H7F2N. The minimum Gasteiger partial charge on any atom is -0.191 e. The van der Waals surface area contributed by atoms with Gasteiger partial charge in [0.05, 0.1) is 0 Å². The van der Waals surface area contributed by atoms with Gasteiger partial charge in [0.25, 0.3) is 0 Å². The molecule has 0 aromatic carbocycles. The Morgan fingerprint density at radius 3 is 2.44 bits per heavy atom. The van der Waals surface area contributed by atoms with Crippen LogP contribution in [0.1, 0.15) is 6.92 Å². The Bertz CT molecular complexity index is 158. The van der Waals surface area contributed by atoms with Crippen molar-refractivity contribution in [2.75, 3.05) is 0 Å². The molecule has 0 aliphatic rings. The van der Waals surface area contributed by atoms with Crippen LogP contribution in [0.25, 0.3) is 0 Å². The molecule has 0 heterocycles. The number of halogens is 2. The smallest absolute Gasteiger partial charge is 0.191 e. The molecule has 0 amide bonds. The van der Waals surface area contributed by atoms with Crippen molar-refractivity contribution in [3.8, 4) is 0 Å². The van der Waals surface area contributed by atoms with E-state index in [0.717, 1.165) is 6.08 Å². The van der Waals surface area contributed by atoms with Gasteiger partial charge in [0, 0.05) is 0 Å². The van der Waals surface area contributed by atoms with E-state index in [4.69, 9.17) is 0 Å². The van der Waals surface area contributed by atoms with Crippen LogP contribution >= 0.6 is 0 Å². The summed E-state index contributed by atoms with van der Waals surface area (Å²) < 4.78 is 23.6. The van der Waals surface area contributed by atoms with Crippen LogP contribution < -0.4 is 0 Å². The second kappa shape index (κ2) is 3.95. The first kappa shape index (κ1) is 8.01. The highest BCUT2D eigenvalue weighted by Crippen LogP contribution is 1.95. The molecule has 1 nitrogen and oxygen atoms in total. The van der Waals surface area contributed by atoms with Gasteiger partial charge in [-0.15, -0.1) is 0 Å². The topological polar surface area (TPSA) is 12.4 Å². The Balaban J connectivity index is 4.00.